The van der Waals surface area contributed by atoms with E-state index in [9.17, 15) is 0 Å². The summed E-state index contributed by atoms with van der Waals surface area (Å²) in [6.45, 7) is 5.28. The van der Waals surface area contributed by atoms with Crippen LogP contribution in [0.5, 0.6) is 11.5 Å². The van der Waals surface area contributed by atoms with E-state index in [0.29, 0.717) is 13.2 Å². The topological polar surface area (TPSA) is 53.7 Å². The van der Waals surface area contributed by atoms with Crippen molar-refractivity contribution in [2.24, 2.45) is 5.73 Å². The highest BCUT2D eigenvalue weighted by Gasteiger charge is 2.32. The van der Waals surface area contributed by atoms with Gasteiger partial charge in [0.15, 0.2) is 11.5 Å². The Morgan fingerprint density at radius 1 is 1.37 bits per heavy atom. The monoisotopic (exact) mass is 265 g/mol. The molecular weight excluding hydrogens is 242 g/mol. The zero-order valence-corrected chi connectivity index (χ0v) is 11.9. The lowest BCUT2D eigenvalue weighted by molar-refractivity contribution is -0.0329. The van der Waals surface area contributed by atoms with E-state index in [2.05, 4.69) is 13.8 Å². The highest BCUT2D eigenvalue weighted by atomic mass is 16.6. The Bertz CT molecular complexity index is 431. The molecule has 0 amide bonds. The average molecular weight is 265 g/mol. The summed E-state index contributed by atoms with van der Waals surface area (Å²) >= 11 is 0. The van der Waals surface area contributed by atoms with Gasteiger partial charge >= 0.3 is 0 Å². The minimum absolute atomic E-state index is 0.0263. The van der Waals surface area contributed by atoms with Crippen molar-refractivity contribution in [1.82, 2.24) is 0 Å². The molecule has 0 bridgehead atoms. The fraction of sp³-hybridized carbons (Fsp3) is 0.600. The second-order valence-corrected chi connectivity index (χ2v) is 5.54. The van der Waals surface area contributed by atoms with Gasteiger partial charge in [-0.25, -0.2) is 0 Å². The summed E-state index contributed by atoms with van der Waals surface area (Å²) in [7, 11) is 1.64. The summed E-state index contributed by atoms with van der Waals surface area (Å²) in [5.41, 5.74) is 6.61. The van der Waals surface area contributed by atoms with Gasteiger partial charge in [-0.15, -0.1) is 0 Å². The third kappa shape index (κ3) is 3.61. The van der Waals surface area contributed by atoms with Gasteiger partial charge in [-0.05, 0) is 44.4 Å². The predicted octanol–water partition coefficient (Wildman–Crippen LogP) is 2.49. The van der Waals surface area contributed by atoms with Crippen molar-refractivity contribution < 1.29 is 14.2 Å². The number of benzene rings is 1. The summed E-state index contributed by atoms with van der Waals surface area (Å²) < 4.78 is 17.0. The number of rotatable bonds is 5. The maximum atomic E-state index is 5.90. The molecule has 2 rings (SSSR count). The van der Waals surface area contributed by atoms with Crippen LogP contribution in [0.4, 0.5) is 0 Å². The van der Waals surface area contributed by atoms with Crippen LogP contribution < -0.4 is 15.2 Å². The predicted molar refractivity (Wildman–Crippen MR) is 74.6 cm³/mol. The van der Waals surface area contributed by atoms with Gasteiger partial charge in [0.1, 0.15) is 6.61 Å². The van der Waals surface area contributed by atoms with Crippen molar-refractivity contribution in [3.63, 3.8) is 0 Å². The van der Waals surface area contributed by atoms with Crippen LogP contribution in [-0.4, -0.2) is 25.4 Å². The smallest absolute Gasteiger partial charge is 0.161 e. The first-order valence-corrected chi connectivity index (χ1v) is 6.71. The van der Waals surface area contributed by atoms with E-state index in [1.54, 1.807) is 7.11 Å². The molecule has 0 spiro atoms. The number of nitrogens with two attached hydrogens (primary N) is 1. The van der Waals surface area contributed by atoms with Crippen LogP contribution in [0.3, 0.4) is 0 Å². The maximum absolute atomic E-state index is 5.90. The average Bonchev–Trinajstić information content (AvgIpc) is 2.75. The molecule has 1 aliphatic heterocycles. The van der Waals surface area contributed by atoms with Gasteiger partial charge in [-0.2, -0.15) is 0 Å². The van der Waals surface area contributed by atoms with Crippen molar-refractivity contribution in [2.75, 3.05) is 13.7 Å². The van der Waals surface area contributed by atoms with E-state index in [0.717, 1.165) is 29.9 Å². The molecular formula is C15H23NO3. The van der Waals surface area contributed by atoms with Crippen molar-refractivity contribution >= 4 is 0 Å². The Morgan fingerprint density at radius 3 is 2.74 bits per heavy atom. The van der Waals surface area contributed by atoms with E-state index in [4.69, 9.17) is 19.9 Å². The van der Waals surface area contributed by atoms with Crippen molar-refractivity contribution in [2.45, 2.75) is 44.9 Å². The summed E-state index contributed by atoms with van der Waals surface area (Å²) in [5.74, 6) is 1.47. The highest BCUT2D eigenvalue weighted by molar-refractivity contribution is 5.42. The Labute approximate surface area is 114 Å². The summed E-state index contributed by atoms with van der Waals surface area (Å²) in [5, 5.41) is 0. The van der Waals surface area contributed by atoms with Crippen LogP contribution in [0.1, 0.15) is 32.3 Å². The second kappa shape index (κ2) is 5.80. The van der Waals surface area contributed by atoms with Gasteiger partial charge in [-0.3, -0.25) is 0 Å². The Morgan fingerprint density at radius 2 is 2.16 bits per heavy atom. The maximum Gasteiger partial charge on any atom is 0.161 e. The third-order valence-electron chi connectivity index (χ3n) is 3.44. The molecule has 0 radical (unpaired) electrons. The van der Waals surface area contributed by atoms with Gasteiger partial charge in [0.2, 0.25) is 0 Å². The van der Waals surface area contributed by atoms with E-state index in [-0.39, 0.29) is 11.7 Å². The molecule has 2 N–H and O–H groups in total. The quantitative estimate of drug-likeness (QED) is 0.888. The van der Waals surface area contributed by atoms with E-state index >= 15 is 0 Å². The van der Waals surface area contributed by atoms with Crippen LogP contribution in [0.2, 0.25) is 0 Å². The minimum Gasteiger partial charge on any atom is -0.493 e. The molecule has 1 saturated heterocycles. The lowest BCUT2D eigenvalue weighted by atomic mass is 10.1. The number of methoxy groups -OCH3 is 1. The largest absolute Gasteiger partial charge is 0.493 e. The molecule has 1 heterocycles. The summed E-state index contributed by atoms with van der Waals surface area (Å²) in [4.78, 5) is 0. The minimum atomic E-state index is -0.0263. The first-order chi connectivity index (χ1) is 9.04. The fourth-order valence-corrected chi connectivity index (χ4v) is 2.34. The SMILES string of the molecule is COc1cc(CN)ccc1OCC1CCC(C)(C)O1. The first-order valence-electron chi connectivity index (χ1n) is 6.71. The highest BCUT2D eigenvalue weighted by Crippen LogP contribution is 2.32. The lowest BCUT2D eigenvalue weighted by Crippen LogP contribution is -2.24. The van der Waals surface area contributed by atoms with Crippen molar-refractivity contribution in [1.29, 1.82) is 0 Å². The lowest BCUT2D eigenvalue weighted by Gasteiger charge is -2.20. The Balaban J connectivity index is 1.96. The van der Waals surface area contributed by atoms with Crippen LogP contribution in [0, 0.1) is 0 Å². The van der Waals surface area contributed by atoms with Crippen LogP contribution in [-0.2, 0) is 11.3 Å². The van der Waals surface area contributed by atoms with Crippen molar-refractivity contribution in [3.8, 4) is 11.5 Å². The zero-order valence-electron chi connectivity index (χ0n) is 11.9. The summed E-state index contributed by atoms with van der Waals surface area (Å²) in [6.07, 6.45) is 2.27. The molecule has 0 saturated carbocycles. The third-order valence-corrected chi connectivity index (χ3v) is 3.44. The number of hydrogen-bond acceptors (Lipinski definition) is 4. The molecule has 1 fully saturated rings. The van der Waals surface area contributed by atoms with Gasteiger partial charge in [0.25, 0.3) is 0 Å². The van der Waals surface area contributed by atoms with E-state index in [1.807, 2.05) is 18.2 Å². The molecule has 1 aromatic rings. The fourth-order valence-electron chi connectivity index (χ4n) is 2.34. The van der Waals surface area contributed by atoms with Gasteiger partial charge in [0.05, 0.1) is 18.8 Å². The second-order valence-electron chi connectivity index (χ2n) is 5.54. The molecule has 4 heteroatoms. The number of hydrogen-bond donors (Lipinski definition) is 1. The Kier molecular flexibility index (Phi) is 4.32. The molecule has 0 aliphatic carbocycles. The van der Waals surface area contributed by atoms with Gasteiger partial charge in [0, 0.05) is 6.54 Å². The molecule has 4 nitrogen and oxygen atoms in total. The first kappa shape index (κ1) is 14.2. The Hall–Kier alpha value is -1.26. The molecule has 106 valence electrons. The van der Waals surface area contributed by atoms with E-state index in [1.165, 1.54) is 0 Å². The molecule has 0 aromatic heterocycles. The molecule has 1 unspecified atom stereocenters. The molecule has 1 atom stereocenters. The van der Waals surface area contributed by atoms with Crippen molar-refractivity contribution in [3.05, 3.63) is 23.8 Å². The van der Waals surface area contributed by atoms with Gasteiger partial charge < -0.3 is 19.9 Å². The zero-order chi connectivity index (χ0) is 13.9. The van der Waals surface area contributed by atoms with Crippen LogP contribution in [0.25, 0.3) is 0 Å². The summed E-state index contributed by atoms with van der Waals surface area (Å²) in [6, 6.07) is 5.77. The normalized spacial score (nSPS) is 21.4. The standard InChI is InChI=1S/C15H23NO3/c1-15(2)7-6-12(19-15)10-18-13-5-4-11(9-16)8-14(13)17-3/h4-5,8,12H,6-7,9-10,16H2,1-3H3. The molecule has 19 heavy (non-hydrogen) atoms. The van der Waals surface area contributed by atoms with Crippen LogP contribution >= 0.6 is 0 Å². The van der Waals surface area contributed by atoms with E-state index < -0.39 is 0 Å². The number of ether oxygens (including phenoxy) is 3. The molecule has 1 aliphatic rings. The molecule has 1 aromatic carbocycles. The van der Waals surface area contributed by atoms with Gasteiger partial charge in [-0.1, -0.05) is 6.07 Å². The van der Waals surface area contributed by atoms with Crippen LogP contribution in [0.15, 0.2) is 18.2 Å².